The first-order chi connectivity index (χ1) is 18.4. The Labute approximate surface area is 228 Å². The van der Waals surface area contributed by atoms with E-state index in [0.29, 0.717) is 43.9 Å². The highest BCUT2D eigenvalue weighted by Gasteiger charge is 2.33. The number of hydrogen-bond donors (Lipinski definition) is 0. The summed E-state index contributed by atoms with van der Waals surface area (Å²) in [6, 6.07) is 10.6. The highest BCUT2D eigenvalue weighted by atomic mass is 35.5. The second-order valence-electron chi connectivity index (χ2n) is 10.4. The highest BCUT2D eigenvalue weighted by molar-refractivity contribution is 6.33. The molecule has 0 aliphatic carbocycles. The number of piperazine rings is 1. The molecule has 3 aromatic rings. The number of aromatic nitrogens is 2. The van der Waals surface area contributed by atoms with E-state index < -0.39 is 0 Å². The fraction of sp³-hybridized carbons (Fsp3) is 0.414. The van der Waals surface area contributed by atoms with Crippen molar-refractivity contribution >= 4 is 40.2 Å². The number of carbonyl (C=O) groups excluding carboxylic acids is 1. The molecule has 198 valence electrons. The Bertz CT molecular complexity index is 1400. The van der Waals surface area contributed by atoms with Crippen molar-refractivity contribution in [2.24, 2.45) is 0 Å². The van der Waals surface area contributed by atoms with Crippen LogP contribution in [-0.2, 0) is 11.2 Å². The van der Waals surface area contributed by atoms with Crippen LogP contribution >= 0.6 is 11.6 Å². The minimum Gasteiger partial charge on any atom is -0.492 e. The van der Waals surface area contributed by atoms with Crippen molar-refractivity contribution in [3.63, 3.8) is 0 Å². The van der Waals surface area contributed by atoms with Gasteiger partial charge < -0.3 is 24.3 Å². The number of amides is 1. The van der Waals surface area contributed by atoms with Gasteiger partial charge in [0, 0.05) is 61.5 Å². The van der Waals surface area contributed by atoms with Crippen LogP contribution in [0.1, 0.15) is 12.0 Å². The number of benzene rings is 2. The third-order valence-electron chi connectivity index (χ3n) is 7.94. The van der Waals surface area contributed by atoms with Gasteiger partial charge in [-0.2, -0.15) is 4.98 Å². The molecule has 3 aliphatic heterocycles. The summed E-state index contributed by atoms with van der Waals surface area (Å²) >= 11 is 6.68. The summed E-state index contributed by atoms with van der Waals surface area (Å²) in [5.41, 5.74) is 4.09. The maximum Gasteiger partial charge on any atom is 0.246 e. The zero-order valence-corrected chi connectivity index (χ0v) is 22.7. The summed E-state index contributed by atoms with van der Waals surface area (Å²) in [7, 11) is 4.22. The van der Waals surface area contributed by atoms with Crippen LogP contribution in [0.15, 0.2) is 43.0 Å². The van der Waals surface area contributed by atoms with Gasteiger partial charge in [0.1, 0.15) is 11.6 Å². The van der Waals surface area contributed by atoms with Crippen LogP contribution in [0.5, 0.6) is 5.75 Å². The SMILES string of the molecule is C=CC(=O)N1CCN(c2nc(N3CC(N(C)C)C3)nc3cc(-c4ccccc4Cl)c4c(c23)OCCC4)CC1. The van der Waals surface area contributed by atoms with Crippen LogP contribution in [0.25, 0.3) is 22.0 Å². The van der Waals surface area contributed by atoms with E-state index in [9.17, 15) is 4.79 Å². The smallest absolute Gasteiger partial charge is 0.246 e. The molecule has 1 aromatic heterocycles. The Morgan fingerprint density at radius 1 is 1.11 bits per heavy atom. The van der Waals surface area contributed by atoms with Crippen LogP contribution in [0, 0.1) is 0 Å². The standard InChI is InChI=1S/C29H33ClN6O2/c1-4-25(37)34-11-13-35(14-12-34)28-26-24(31-29(32-28)36-17-19(18-36)33(2)3)16-22(20-8-5-6-10-23(20)30)21-9-7-15-38-27(21)26/h4-6,8,10,16,19H,1,7,9,11-15,17-18H2,2-3H3. The van der Waals surface area contributed by atoms with E-state index in [1.807, 2.05) is 23.1 Å². The third-order valence-corrected chi connectivity index (χ3v) is 8.27. The maximum absolute atomic E-state index is 12.2. The molecule has 0 unspecified atom stereocenters. The molecule has 0 atom stereocenters. The van der Waals surface area contributed by atoms with E-state index in [1.54, 1.807) is 0 Å². The van der Waals surface area contributed by atoms with Crippen LogP contribution in [0.2, 0.25) is 5.02 Å². The molecule has 2 saturated heterocycles. The predicted molar refractivity (Wildman–Crippen MR) is 152 cm³/mol. The summed E-state index contributed by atoms with van der Waals surface area (Å²) in [6.07, 6.45) is 3.25. The Morgan fingerprint density at radius 2 is 1.87 bits per heavy atom. The molecular weight excluding hydrogens is 500 g/mol. The second kappa shape index (κ2) is 10.1. The lowest BCUT2D eigenvalue weighted by Crippen LogP contribution is -2.58. The van der Waals surface area contributed by atoms with Gasteiger partial charge in [0.2, 0.25) is 11.9 Å². The van der Waals surface area contributed by atoms with E-state index in [-0.39, 0.29) is 5.91 Å². The largest absolute Gasteiger partial charge is 0.492 e. The molecule has 1 amide bonds. The van der Waals surface area contributed by atoms with Crippen LogP contribution in [0.3, 0.4) is 0 Å². The minimum atomic E-state index is -0.0294. The molecule has 9 heteroatoms. The second-order valence-corrected chi connectivity index (χ2v) is 10.9. The number of hydrogen-bond acceptors (Lipinski definition) is 7. The number of likely N-dealkylation sites (N-methyl/N-ethyl adjacent to an activating group) is 1. The quantitative estimate of drug-likeness (QED) is 0.462. The van der Waals surface area contributed by atoms with Crippen molar-refractivity contribution in [3.8, 4) is 16.9 Å². The van der Waals surface area contributed by atoms with Gasteiger partial charge in [-0.05, 0) is 50.7 Å². The van der Waals surface area contributed by atoms with Gasteiger partial charge in [-0.1, -0.05) is 36.4 Å². The van der Waals surface area contributed by atoms with Crippen molar-refractivity contribution in [1.29, 1.82) is 0 Å². The molecule has 2 fully saturated rings. The van der Waals surface area contributed by atoms with Gasteiger partial charge >= 0.3 is 0 Å². The molecule has 0 radical (unpaired) electrons. The molecule has 0 bridgehead atoms. The van der Waals surface area contributed by atoms with E-state index in [2.05, 4.69) is 47.5 Å². The molecule has 2 aromatic carbocycles. The Balaban J connectivity index is 1.50. The van der Waals surface area contributed by atoms with Gasteiger partial charge in [0.25, 0.3) is 0 Å². The summed E-state index contributed by atoms with van der Waals surface area (Å²) in [5.74, 6) is 2.45. The zero-order valence-electron chi connectivity index (χ0n) is 22.0. The van der Waals surface area contributed by atoms with Crippen molar-refractivity contribution in [3.05, 3.63) is 53.6 Å². The van der Waals surface area contributed by atoms with Crippen molar-refractivity contribution in [2.75, 3.05) is 69.8 Å². The fourth-order valence-electron chi connectivity index (χ4n) is 5.61. The van der Waals surface area contributed by atoms with Gasteiger partial charge in [-0.25, -0.2) is 4.98 Å². The van der Waals surface area contributed by atoms with Gasteiger partial charge in [-0.15, -0.1) is 0 Å². The number of ether oxygens (including phenoxy) is 1. The Morgan fingerprint density at radius 3 is 2.58 bits per heavy atom. The zero-order chi connectivity index (χ0) is 26.4. The number of halogens is 1. The minimum absolute atomic E-state index is 0.0294. The molecule has 4 heterocycles. The van der Waals surface area contributed by atoms with Gasteiger partial charge in [0.05, 0.1) is 17.5 Å². The van der Waals surface area contributed by atoms with E-state index >= 15 is 0 Å². The molecule has 0 saturated carbocycles. The van der Waals surface area contributed by atoms with Crippen LogP contribution in [0.4, 0.5) is 11.8 Å². The normalized spacial score (nSPS) is 17.8. The highest BCUT2D eigenvalue weighted by Crippen LogP contribution is 2.45. The van der Waals surface area contributed by atoms with Crippen molar-refractivity contribution < 1.29 is 9.53 Å². The number of rotatable bonds is 5. The Hall–Kier alpha value is -3.36. The van der Waals surface area contributed by atoms with Crippen LogP contribution in [-0.4, -0.2) is 91.7 Å². The number of anilines is 2. The van der Waals surface area contributed by atoms with Crippen molar-refractivity contribution in [1.82, 2.24) is 19.8 Å². The van der Waals surface area contributed by atoms with E-state index in [0.717, 1.165) is 71.0 Å². The first-order valence-electron chi connectivity index (χ1n) is 13.3. The van der Waals surface area contributed by atoms with Gasteiger partial charge in [0.15, 0.2) is 0 Å². The molecule has 38 heavy (non-hydrogen) atoms. The number of nitrogens with zero attached hydrogens (tertiary/aromatic N) is 6. The molecule has 3 aliphatic rings. The molecule has 0 spiro atoms. The lowest BCUT2D eigenvalue weighted by molar-refractivity contribution is -0.126. The number of carbonyl (C=O) groups is 1. The first kappa shape index (κ1) is 24.9. The number of fused-ring (bicyclic) bond motifs is 3. The molecular formula is C29H33ClN6O2. The summed E-state index contributed by atoms with van der Waals surface area (Å²) < 4.78 is 6.39. The first-order valence-corrected chi connectivity index (χ1v) is 13.7. The summed E-state index contributed by atoms with van der Waals surface area (Å²) in [6.45, 7) is 8.70. The molecule has 8 nitrogen and oxygen atoms in total. The maximum atomic E-state index is 12.2. The summed E-state index contributed by atoms with van der Waals surface area (Å²) in [4.78, 5) is 31.1. The average Bonchev–Trinajstić information content (AvgIpc) is 2.91. The van der Waals surface area contributed by atoms with Crippen LogP contribution < -0.4 is 14.5 Å². The molecule has 6 rings (SSSR count). The Kier molecular flexibility index (Phi) is 6.61. The van der Waals surface area contributed by atoms with E-state index in [4.69, 9.17) is 26.3 Å². The fourth-order valence-corrected chi connectivity index (χ4v) is 5.84. The molecule has 0 N–H and O–H groups in total. The average molecular weight is 533 g/mol. The van der Waals surface area contributed by atoms with E-state index in [1.165, 1.54) is 6.08 Å². The predicted octanol–water partition coefficient (Wildman–Crippen LogP) is 3.86. The lowest BCUT2D eigenvalue weighted by atomic mass is 9.92. The topological polar surface area (TPSA) is 65.0 Å². The summed E-state index contributed by atoms with van der Waals surface area (Å²) in [5, 5.41) is 1.67. The monoisotopic (exact) mass is 532 g/mol. The van der Waals surface area contributed by atoms with Crippen molar-refractivity contribution in [2.45, 2.75) is 18.9 Å². The third kappa shape index (κ3) is 4.35. The van der Waals surface area contributed by atoms with Gasteiger partial charge in [-0.3, -0.25) is 4.79 Å². The lowest BCUT2D eigenvalue weighted by Gasteiger charge is -2.43.